The van der Waals surface area contributed by atoms with Crippen LogP contribution in [-0.4, -0.2) is 87.2 Å². The van der Waals surface area contributed by atoms with Crippen molar-refractivity contribution in [3.8, 4) is 0 Å². The lowest BCUT2D eigenvalue weighted by Crippen LogP contribution is -2.36. The van der Waals surface area contributed by atoms with Gasteiger partial charge in [-0.1, -0.05) is 27.7 Å². The zero-order valence-electron chi connectivity index (χ0n) is 16.2. The summed E-state index contributed by atoms with van der Waals surface area (Å²) < 4.78 is 11.4. The molecular weight excluding hydrogens is 304 g/mol. The molecule has 2 aliphatic heterocycles. The number of nitrogens with zero attached hydrogens (tertiary/aromatic N) is 4. The zero-order valence-corrected chi connectivity index (χ0v) is 16.2. The standard InChI is InChI=1S/C18H34N4O2/c1-13(2)15-11-23-17(19-15)9-21(5)7-8-22(6)10-18-20-16(12-24-18)14(3)4/h13-16H,7-12H2,1-6H3/t15-,16-/m1/s1. The first-order valence-corrected chi connectivity index (χ1v) is 9.11. The Hall–Kier alpha value is -1.14. The molecule has 0 aromatic heterocycles. The van der Waals surface area contributed by atoms with Crippen molar-refractivity contribution in [2.75, 3.05) is 53.5 Å². The number of hydrogen-bond acceptors (Lipinski definition) is 6. The summed E-state index contributed by atoms with van der Waals surface area (Å²) in [5, 5.41) is 0. The van der Waals surface area contributed by atoms with E-state index < -0.39 is 0 Å². The van der Waals surface area contributed by atoms with Gasteiger partial charge in [-0.2, -0.15) is 0 Å². The van der Waals surface area contributed by atoms with E-state index in [2.05, 4.69) is 61.6 Å². The molecule has 0 fully saturated rings. The molecule has 0 aliphatic carbocycles. The highest BCUT2D eigenvalue weighted by Gasteiger charge is 2.23. The molecule has 0 saturated carbocycles. The Morgan fingerprint density at radius 3 is 1.50 bits per heavy atom. The first kappa shape index (κ1) is 19.2. The van der Waals surface area contributed by atoms with E-state index in [1.54, 1.807) is 0 Å². The monoisotopic (exact) mass is 338 g/mol. The van der Waals surface area contributed by atoms with Crippen LogP contribution in [0.25, 0.3) is 0 Å². The molecule has 0 unspecified atom stereocenters. The fourth-order valence-corrected chi connectivity index (χ4v) is 2.70. The molecule has 0 aromatic carbocycles. The molecular formula is C18H34N4O2. The maximum Gasteiger partial charge on any atom is 0.198 e. The Kier molecular flexibility index (Phi) is 7.04. The summed E-state index contributed by atoms with van der Waals surface area (Å²) in [5.74, 6) is 2.84. The lowest BCUT2D eigenvalue weighted by Gasteiger charge is -2.21. The van der Waals surface area contributed by atoms with Gasteiger partial charge in [0, 0.05) is 13.1 Å². The molecule has 2 rings (SSSR count). The van der Waals surface area contributed by atoms with Crippen molar-refractivity contribution in [1.82, 2.24) is 9.80 Å². The molecule has 0 aromatic rings. The van der Waals surface area contributed by atoms with Crippen LogP contribution in [0.1, 0.15) is 27.7 Å². The van der Waals surface area contributed by atoms with E-state index in [0.717, 1.165) is 51.2 Å². The SMILES string of the molecule is CC(C)[C@H]1COC(CN(C)CCN(C)CC2=N[C@@H](C(C)C)CO2)=N1. The van der Waals surface area contributed by atoms with Gasteiger partial charge in [-0.3, -0.25) is 9.80 Å². The van der Waals surface area contributed by atoms with Gasteiger partial charge in [-0.25, -0.2) is 9.98 Å². The fourth-order valence-electron chi connectivity index (χ4n) is 2.70. The van der Waals surface area contributed by atoms with Gasteiger partial charge in [0.05, 0.1) is 25.2 Å². The predicted molar refractivity (Wildman–Crippen MR) is 99.0 cm³/mol. The van der Waals surface area contributed by atoms with Crippen molar-refractivity contribution in [3.63, 3.8) is 0 Å². The molecule has 6 heteroatoms. The number of likely N-dealkylation sites (N-methyl/N-ethyl adjacent to an activating group) is 2. The minimum atomic E-state index is 0.322. The van der Waals surface area contributed by atoms with Gasteiger partial charge in [0.1, 0.15) is 13.2 Å². The zero-order chi connectivity index (χ0) is 17.7. The molecule has 0 N–H and O–H groups in total. The van der Waals surface area contributed by atoms with Crippen molar-refractivity contribution >= 4 is 11.8 Å². The maximum absolute atomic E-state index is 5.70. The van der Waals surface area contributed by atoms with Crippen LogP contribution in [0.15, 0.2) is 9.98 Å². The molecule has 0 bridgehead atoms. The third kappa shape index (κ3) is 5.74. The molecule has 6 nitrogen and oxygen atoms in total. The molecule has 138 valence electrons. The molecule has 0 saturated heterocycles. The summed E-state index contributed by atoms with van der Waals surface area (Å²) in [6.45, 7) is 13.7. The predicted octanol–water partition coefficient (Wildman–Crippen LogP) is 1.76. The van der Waals surface area contributed by atoms with Crippen LogP contribution >= 0.6 is 0 Å². The van der Waals surface area contributed by atoms with Crippen molar-refractivity contribution in [1.29, 1.82) is 0 Å². The Labute approximate surface area is 146 Å². The van der Waals surface area contributed by atoms with E-state index in [1.807, 2.05) is 0 Å². The third-order valence-corrected chi connectivity index (χ3v) is 4.67. The lowest BCUT2D eigenvalue weighted by molar-refractivity contribution is 0.246. The van der Waals surface area contributed by atoms with Crippen LogP contribution in [0.2, 0.25) is 0 Å². The fraction of sp³-hybridized carbons (Fsp3) is 0.889. The second kappa shape index (κ2) is 8.81. The third-order valence-electron chi connectivity index (χ3n) is 4.67. The summed E-state index contributed by atoms with van der Waals surface area (Å²) in [5.41, 5.74) is 0. The van der Waals surface area contributed by atoms with Crippen molar-refractivity contribution in [3.05, 3.63) is 0 Å². The van der Waals surface area contributed by atoms with Gasteiger partial charge < -0.3 is 9.47 Å². The average molecular weight is 338 g/mol. The van der Waals surface area contributed by atoms with Crippen LogP contribution in [-0.2, 0) is 9.47 Å². The van der Waals surface area contributed by atoms with Gasteiger partial charge in [0.2, 0.25) is 0 Å². The first-order valence-electron chi connectivity index (χ1n) is 9.11. The lowest BCUT2D eigenvalue weighted by atomic mass is 10.1. The highest BCUT2D eigenvalue weighted by atomic mass is 16.5. The van der Waals surface area contributed by atoms with Gasteiger partial charge in [-0.05, 0) is 25.9 Å². The molecule has 2 aliphatic rings. The minimum absolute atomic E-state index is 0.322. The molecule has 0 radical (unpaired) electrons. The summed E-state index contributed by atoms with van der Waals surface area (Å²) in [7, 11) is 4.22. The summed E-state index contributed by atoms with van der Waals surface area (Å²) in [4.78, 5) is 13.8. The van der Waals surface area contributed by atoms with Gasteiger partial charge in [0.15, 0.2) is 11.8 Å². The van der Waals surface area contributed by atoms with Crippen LogP contribution in [0.3, 0.4) is 0 Å². The largest absolute Gasteiger partial charge is 0.478 e. The van der Waals surface area contributed by atoms with Crippen LogP contribution in [0.5, 0.6) is 0 Å². The number of aliphatic imine (C=N–C) groups is 2. The molecule has 0 amide bonds. The van der Waals surface area contributed by atoms with Crippen molar-refractivity contribution in [2.45, 2.75) is 39.8 Å². The molecule has 0 spiro atoms. The van der Waals surface area contributed by atoms with Crippen molar-refractivity contribution in [2.24, 2.45) is 21.8 Å². The Balaban J connectivity index is 1.67. The number of hydrogen-bond donors (Lipinski definition) is 0. The van der Waals surface area contributed by atoms with Crippen molar-refractivity contribution < 1.29 is 9.47 Å². The molecule has 24 heavy (non-hydrogen) atoms. The summed E-state index contributed by atoms with van der Waals surface area (Å²) in [6.07, 6.45) is 0. The van der Waals surface area contributed by atoms with Gasteiger partial charge in [-0.15, -0.1) is 0 Å². The highest BCUT2D eigenvalue weighted by molar-refractivity contribution is 5.80. The van der Waals surface area contributed by atoms with E-state index in [9.17, 15) is 0 Å². The van der Waals surface area contributed by atoms with Gasteiger partial charge in [0.25, 0.3) is 0 Å². The summed E-state index contributed by atoms with van der Waals surface area (Å²) >= 11 is 0. The second-order valence-corrected chi connectivity index (χ2v) is 7.77. The topological polar surface area (TPSA) is 49.7 Å². The van der Waals surface area contributed by atoms with Crippen LogP contribution < -0.4 is 0 Å². The average Bonchev–Trinajstić information content (AvgIpc) is 3.14. The number of rotatable bonds is 9. The van der Waals surface area contributed by atoms with E-state index >= 15 is 0 Å². The van der Waals surface area contributed by atoms with E-state index in [4.69, 9.17) is 9.47 Å². The Morgan fingerprint density at radius 1 is 0.833 bits per heavy atom. The van der Waals surface area contributed by atoms with Crippen LogP contribution in [0.4, 0.5) is 0 Å². The van der Waals surface area contributed by atoms with Crippen LogP contribution in [0, 0.1) is 11.8 Å². The molecule has 2 atom stereocenters. The van der Waals surface area contributed by atoms with E-state index in [0.29, 0.717) is 23.9 Å². The normalized spacial score (nSPS) is 23.9. The maximum atomic E-state index is 5.70. The first-order chi connectivity index (χ1) is 11.3. The van der Waals surface area contributed by atoms with Gasteiger partial charge >= 0.3 is 0 Å². The smallest absolute Gasteiger partial charge is 0.198 e. The Bertz CT molecular complexity index is 420. The van der Waals surface area contributed by atoms with E-state index in [-0.39, 0.29) is 0 Å². The second-order valence-electron chi connectivity index (χ2n) is 7.77. The highest BCUT2D eigenvalue weighted by Crippen LogP contribution is 2.14. The quantitative estimate of drug-likeness (QED) is 0.643. The van der Waals surface area contributed by atoms with E-state index in [1.165, 1.54) is 0 Å². The number of ether oxygens (including phenoxy) is 2. The molecule has 2 heterocycles. The Morgan fingerprint density at radius 2 is 1.21 bits per heavy atom. The summed E-state index contributed by atoms with van der Waals surface area (Å²) in [6, 6.07) is 0.644. The minimum Gasteiger partial charge on any atom is -0.478 e.